The van der Waals surface area contributed by atoms with Crippen LogP contribution in [0.1, 0.15) is 51.5 Å². The summed E-state index contributed by atoms with van der Waals surface area (Å²) in [6, 6.07) is 9.59. The van der Waals surface area contributed by atoms with Crippen LogP contribution in [0.25, 0.3) is 0 Å². The smallest absolute Gasteiger partial charge is 0.289 e. The average Bonchev–Trinajstić information content (AvgIpc) is 2.45. The second-order valence-corrected chi connectivity index (χ2v) is 9.79. The van der Waals surface area contributed by atoms with Gasteiger partial charge in [0, 0.05) is 6.42 Å². The minimum atomic E-state index is -3.26. The summed E-state index contributed by atoms with van der Waals surface area (Å²) in [4.78, 5) is 19.7. The lowest BCUT2D eigenvalue weighted by atomic mass is 10.0. The number of benzene rings is 1. The Hall–Kier alpha value is -0.250. The van der Waals surface area contributed by atoms with Gasteiger partial charge in [0.25, 0.3) is 0 Å². The zero-order chi connectivity index (χ0) is 15.6. The lowest BCUT2D eigenvalue weighted by Crippen LogP contribution is -1.94. The number of hydrogen-bond donors (Lipinski definition) is 2. The average molecular weight is 331 g/mol. The van der Waals surface area contributed by atoms with Crippen molar-refractivity contribution in [2.75, 3.05) is 5.75 Å². The molecule has 0 unspecified atom stereocenters. The van der Waals surface area contributed by atoms with Gasteiger partial charge < -0.3 is 0 Å². The van der Waals surface area contributed by atoms with E-state index in [0.29, 0.717) is 0 Å². The summed E-state index contributed by atoms with van der Waals surface area (Å²) >= 11 is 0. The van der Waals surface area contributed by atoms with E-state index in [4.69, 9.17) is 4.52 Å². The molecule has 0 aromatic heterocycles. The monoisotopic (exact) mass is 331 g/mol. The van der Waals surface area contributed by atoms with E-state index in [0.717, 1.165) is 41.0 Å². The Kier molecular flexibility index (Phi) is 9.37. The molecule has 1 aromatic rings. The van der Waals surface area contributed by atoms with E-state index in [1.807, 2.05) is 30.3 Å². The van der Waals surface area contributed by atoms with Crippen molar-refractivity contribution in [3.8, 4) is 0 Å². The molecule has 1 aromatic carbocycles. The van der Waals surface area contributed by atoms with Gasteiger partial charge in [-0.1, -0.05) is 63.4 Å². The lowest BCUT2D eigenvalue weighted by molar-refractivity contribution is 0.242. The topological polar surface area (TPSA) is 49.7 Å². The second kappa shape index (κ2) is 10.5. The highest BCUT2D eigenvalue weighted by molar-refractivity contribution is 8.16. The van der Waals surface area contributed by atoms with Crippen LogP contribution in [0.3, 0.4) is 0 Å². The van der Waals surface area contributed by atoms with Crippen LogP contribution in [0, 0.1) is 5.92 Å². The SMILES string of the molecule is CC(C)CCCCCC[S+]=P(O)(O)OCc1ccccc1. The molecule has 0 atom stereocenters. The fourth-order valence-electron chi connectivity index (χ4n) is 1.96. The Morgan fingerprint density at radius 2 is 1.71 bits per heavy atom. The van der Waals surface area contributed by atoms with Crippen molar-refractivity contribution < 1.29 is 14.3 Å². The van der Waals surface area contributed by atoms with Gasteiger partial charge in [0.05, 0.1) is 6.61 Å². The molecule has 2 N–H and O–H groups in total. The minimum Gasteiger partial charge on any atom is -0.289 e. The summed E-state index contributed by atoms with van der Waals surface area (Å²) in [7, 11) is 1.16. The Morgan fingerprint density at radius 3 is 2.38 bits per heavy atom. The molecule has 0 spiro atoms. The molecule has 0 heterocycles. The van der Waals surface area contributed by atoms with Crippen molar-refractivity contribution >= 4 is 17.7 Å². The summed E-state index contributed by atoms with van der Waals surface area (Å²) in [5, 5.41) is 0. The maximum Gasteiger partial charge on any atom is 0.517 e. The van der Waals surface area contributed by atoms with E-state index in [9.17, 15) is 9.79 Å². The molecule has 0 aliphatic rings. The summed E-state index contributed by atoms with van der Waals surface area (Å²) < 4.78 is 5.26. The molecule has 0 bridgehead atoms. The summed E-state index contributed by atoms with van der Waals surface area (Å²) in [5.41, 5.74) is 0.958. The van der Waals surface area contributed by atoms with Gasteiger partial charge in [-0.05, 0) is 17.9 Å². The summed E-state index contributed by atoms with van der Waals surface area (Å²) in [6.45, 7) is 1.48. The van der Waals surface area contributed by atoms with Crippen LogP contribution in [0.5, 0.6) is 0 Å². The Bertz CT molecular complexity index is 428. The van der Waals surface area contributed by atoms with E-state index in [1.54, 1.807) is 0 Å². The highest BCUT2D eigenvalue weighted by Crippen LogP contribution is 2.40. The van der Waals surface area contributed by atoms with Crippen LogP contribution in [0.2, 0.25) is 0 Å². The molecule has 3 nitrogen and oxygen atoms in total. The summed E-state index contributed by atoms with van der Waals surface area (Å²) in [6.07, 6.45) is 5.94. The second-order valence-electron chi connectivity index (χ2n) is 5.68. The molecule has 0 saturated heterocycles. The van der Waals surface area contributed by atoms with E-state index in [1.165, 1.54) is 19.3 Å². The van der Waals surface area contributed by atoms with Crippen LogP contribution in [-0.4, -0.2) is 15.5 Å². The normalized spacial score (nSPS) is 11.9. The zero-order valence-corrected chi connectivity index (χ0v) is 14.8. The third-order valence-electron chi connectivity index (χ3n) is 3.18. The van der Waals surface area contributed by atoms with Crippen LogP contribution < -0.4 is 0 Å². The number of hydrogen-bond acceptors (Lipinski definition) is 1. The van der Waals surface area contributed by atoms with Crippen molar-refractivity contribution in [3.63, 3.8) is 0 Å². The first-order valence-electron chi connectivity index (χ1n) is 7.67. The Labute approximate surface area is 132 Å². The predicted octanol–water partition coefficient (Wildman–Crippen LogP) is 4.55. The molecular formula is C16H28O3PS+. The molecule has 0 radical (unpaired) electrons. The first-order valence-corrected chi connectivity index (χ1v) is 10.9. The van der Waals surface area contributed by atoms with Crippen LogP contribution in [0.4, 0.5) is 0 Å². The van der Waals surface area contributed by atoms with Crippen LogP contribution >= 0.6 is 6.72 Å². The molecule has 1 rings (SSSR count). The molecule has 0 amide bonds. The number of unbranched alkanes of at least 4 members (excludes halogenated alkanes) is 3. The molecular weight excluding hydrogens is 303 g/mol. The summed E-state index contributed by atoms with van der Waals surface area (Å²) in [5.74, 6) is 1.52. The van der Waals surface area contributed by atoms with Crippen molar-refractivity contribution in [2.24, 2.45) is 5.92 Å². The van der Waals surface area contributed by atoms with Gasteiger partial charge in [0.15, 0.2) is 5.75 Å². The molecule has 21 heavy (non-hydrogen) atoms. The van der Waals surface area contributed by atoms with E-state index in [2.05, 4.69) is 13.8 Å². The van der Waals surface area contributed by atoms with Gasteiger partial charge in [0.1, 0.15) is 0 Å². The van der Waals surface area contributed by atoms with Crippen molar-refractivity contribution in [1.82, 2.24) is 0 Å². The molecule has 120 valence electrons. The first kappa shape index (κ1) is 18.8. The van der Waals surface area contributed by atoms with Crippen molar-refractivity contribution in [2.45, 2.75) is 52.6 Å². The highest BCUT2D eigenvalue weighted by atomic mass is 32.5. The van der Waals surface area contributed by atoms with E-state index >= 15 is 0 Å². The zero-order valence-electron chi connectivity index (χ0n) is 13.1. The third kappa shape index (κ3) is 10.2. The van der Waals surface area contributed by atoms with Gasteiger partial charge in [-0.15, -0.1) is 0 Å². The lowest BCUT2D eigenvalue weighted by Gasteiger charge is -2.04. The van der Waals surface area contributed by atoms with Gasteiger partial charge in [-0.2, -0.15) is 0 Å². The molecule has 0 fully saturated rings. The molecule has 0 aliphatic heterocycles. The number of rotatable bonds is 10. The maximum absolute atomic E-state index is 9.86. The largest absolute Gasteiger partial charge is 0.517 e. The fraction of sp³-hybridized carbons (Fsp3) is 0.625. The van der Waals surface area contributed by atoms with Crippen molar-refractivity contribution in [1.29, 1.82) is 0 Å². The Balaban J connectivity index is 2.18. The quantitative estimate of drug-likeness (QED) is 0.375. The fourth-order valence-corrected chi connectivity index (χ4v) is 4.41. The molecule has 0 aliphatic carbocycles. The van der Waals surface area contributed by atoms with Gasteiger partial charge in [-0.25, -0.2) is 0 Å². The Morgan fingerprint density at radius 1 is 1.05 bits per heavy atom. The third-order valence-corrected chi connectivity index (χ3v) is 6.32. The van der Waals surface area contributed by atoms with Gasteiger partial charge in [0.2, 0.25) is 10.9 Å². The standard InChI is InChI=1S/C16H28O3PS/c1-15(2)10-6-3-4-9-13-21-20(17,18)19-14-16-11-7-5-8-12-16/h5,7-8,11-12,15,17-18H,3-4,6,9-10,13-14H2,1-2H3/q+1. The highest BCUT2D eigenvalue weighted by Gasteiger charge is 2.24. The molecule has 0 saturated carbocycles. The first-order chi connectivity index (χ1) is 9.99. The molecule has 5 heteroatoms. The maximum atomic E-state index is 9.86. The van der Waals surface area contributed by atoms with E-state index < -0.39 is 6.72 Å². The van der Waals surface area contributed by atoms with Crippen LogP contribution in [0.15, 0.2) is 30.3 Å². The van der Waals surface area contributed by atoms with Crippen LogP contribution in [-0.2, 0) is 22.1 Å². The predicted molar refractivity (Wildman–Crippen MR) is 92.7 cm³/mol. The van der Waals surface area contributed by atoms with Crippen molar-refractivity contribution in [3.05, 3.63) is 35.9 Å². The van der Waals surface area contributed by atoms with E-state index in [-0.39, 0.29) is 6.61 Å². The minimum absolute atomic E-state index is 0.253. The van der Waals surface area contributed by atoms with Gasteiger partial charge in [-0.3, -0.25) is 14.3 Å². The van der Waals surface area contributed by atoms with Gasteiger partial charge >= 0.3 is 6.72 Å².